The summed E-state index contributed by atoms with van der Waals surface area (Å²) in [5.41, 5.74) is 0.679. The molecule has 2 aromatic carbocycles. The van der Waals surface area contributed by atoms with Gasteiger partial charge < -0.3 is 5.32 Å². The molecule has 2 aromatic rings. The van der Waals surface area contributed by atoms with E-state index in [1.54, 1.807) is 0 Å². The van der Waals surface area contributed by atoms with Crippen molar-refractivity contribution < 1.29 is 13.2 Å². The highest BCUT2D eigenvalue weighted by molar-refractivity contribution is 7.92. The SMILES string of the molecule is C=CC(=O)Nc1ccc(S(=O)(=O)Nc2ccc(Cl)cc2Cl)cc1. The van der Waals surface area contributed by atoms with Crippen LogP contribution in [-0.2, 0) is 14.8 Å². The quantitative estimate of drug-likeness (QED) is 0.783. The van der Waals surface area contributed by atoms with Crippen molar-refractivity contribution in [2.45, 2.75) is 4.90 Å². The van der Waals surface area contributed by atoms with Crippen LogP contribution in [0.3, 0.4) is 0 Å². The van der Waals surface area contributed by atoms with E-state index in [4.69, 9.17) is 23.2 Å². The molecule has 2 N–H and O–H groups in total. The van der Waals surface area contributed by atoms with E-state index in [1.807, 2.05) is 0 Å². The summed E-state index contributed by atoms with van der Waals surface area (Å²) in [6.45, 7) is 3.34. The molecule has 2 rings (SSSR count). The largest absolute Gasteiger partial charge is 0.323 e. The second-order valence-corrected chi connectivity index (χ2v) is 6.97. The molecule has 0 saturated heterocycles. The number of sulfonamides is 1. The zero-order chi connectivity index (χ0) is 17.0. The number of amides is 1. The highest BCUT2D eigenvalue weighted by atomic mass is 35.5. The third-order valence-corrected chi connectivity index (χ3v) is 4.72. The predicted molar refractivity (Wildman–Crippen MR) is 92.5 cm³/mol. The molecule has 120 valence electrons. The first kappa shape index (κ1) is 17.3. The Morgan fingerprint density at radius 1 is 1.09 bits per heavy atom. The molecule has 0 aliphatic carbocycles. The average Bonchev–Trinajstić information content (AvgIpc) is 2.50. The van der Waals surface area contributed by atoms with Gasteiger partial charge in [0.2, 0.25) is 5.91 Å². The lowest BCUT2D eigenvalue weighted by molar-refractivity contribution is -0.111. The van der Waals surface area contributed by atoms with Crippen LogP contribution in [0.1, 0.15) is 0 Å². The van der Waals surface area contributed by atoms with Crippen LogP contribution >= 0.6 is 23.2 Å². The van der Waals surface area contributed by atoms with Gasteiger partial charge in [-0.25, -0.2) is 8.42 Å². The van der Waals surface area contributed by atoms with Crippen molar-refractivity contribution in [2.75, 3.05) is 10.0 Å². The van der Waals surface area contributed by atoms with Gasteiger partial charge >= 0.3 is 0 Å². The van der Waals surface area contributed by atoms with Crippen LogP contribution in [0.4, 0.5) is 11.4 Å². The Kier molecular flexibility index (Phi) is 5.30. The maximum atomic E-state index is 12.3. The van der Waals surface area contributed by atoms with E-state index in [1.165, 1.54) is 42.5 Å². The van der Waals surface area contributed by atoms with E-state index in [2.05, 4.69) is 16.6 Å². The molecule has 0 unspecified atom stereocenters. The molecule has 0 bridgehead atoms. The molecule has 0 heterocycles. The van der Waals surface area contributed by atoms with Crippen molar-refractivity contribution in [3.05, 3.63) is 65.2 Å². The monoisotopic (exact) mass is 370 g/mol. The zero-order valence-electron chi connectivity index (χ0n) is 11.7. The maximum absolute atomic E-state index is 12.3. The molecule has 5 nitrogen and oxygen atoms in total. The van der Waals surface area contributed by atoms with E-state index in [9.17, 15) is 13.2 Å². The number of anilines is 2. The normalized spacial score (nSPS) is 10.9. The number of benzene rings is 2. The lowest BCUT2D eigenvalue weighted by atomic mass is 10.3. The molecular weight excluding hydrogens is 359 g/mol. The Bertz CT molecular complexity index is 850. The van der Waals surface area contributed by atoms with Gasteiger partial charge in [0.25, 0.3) is 10.0 Å². The highest BCUT2D eigenvalue weighted by Gasteiger charge is 2.16. The number of rotatable bonds is 5. The van der Waals surface area contributed by atoms with Gasteiger partial charge in [-0.1, -0.05) is 29.8 Å². The van der Waals surface area contributed by atoms with Crippen LogP contribution in [0.2, 0.25) is 10.0 Å². The van der Waals surface area contributed by atoms with Crippen LogP contribution < -0.4 is 10.0 Å². The van der Waals surface area contributed by atoms with E-state index in [-0.39, 0.29) is 21.5 Å². The van der Waals surface area contributed by atoms with Crippen LogP contribution in [0, 0.1) is 0 Å². The van der Waals surface area contributed by atoms with E-state index >= 15 is 0 Å². The fourth-order valence-electron chi connectivity index (χ4n) is 1.69. The molecule has 0 aliphatic heterocycles. The van der Waals surface area contributed by atoms with Crippen LogP contribution in [0.15, 0.2) is 60.0 Å². The first-order valence-corrected chi connectivity index (χ1v) is 8.57. The molecular formula is C15H12Cl2N2O3S. The van der Waals surface area contributed by atoms with Crippen molar-refractivity contribution in [3.8, 4) is 0 Å². The number of nitrogens with one attached hydrogen (secondary N) is 2. The summed E-state index contributed by atoms with van der Waals surface area (Å²) in [7, 11) is -3.81. The van der Waals surface area contributed by atoms with E-state index < -0.39 is 10.0 Å². The van der Waals surface area contributed by atoms with Crippen molar-refractivity contribution >= 4 is 50.5 Å². The minimum atomic E-state index is -3.81. The fraction of sp³-hybridized carbons (Fsp3) is 0. The smallest absolute Gasteiger partial charge is 0.261 e. The Morgan fingerprint density at radius 2 is 1.74 bits per heavy atom. The van der Waals surface area contributed by atoms with Gasteiger partial charge in [0.05, 0.1) is 15.6 Å². The van der Waals surface area contributed by atoms with Crippen molar-refractivity contribution in [1.82, 2.24) is 0 Å². The Balaban J connectivity index is 2.22. The molecule has 0 aromatic heterocycles. The van der Waals surface area contributed by atoms with Crippen molar-refractivity contribution in [1.29, 1.82) is 0 Å². The molecule has 1 amide bonds. The third-order valence-electron chi connectivity index (χ3n) is 2.79. The molecule has 0 spiro atoms. The van der Waals surface area contributed by atoms with Gasteiger partial charge in [-0.15, -0.1) is 0 Å². The van der Waals surface area contributed by atoms with Crippen molar-refractivity contribution in [2.24, 2.45) is 0 Å². The van der Waals surface area contributed by atoms with Gasteiger partial charge in [-0.05, 0) is 48.5 Å². The Morgan fingerprint density at radius 3 is 2.30 bits per heavy atom. The molecule has 0 fully saturated rings. The number of halogens is 2. The summed E-state index contributed by atoms with van der Waals surface area (Å²) in [5.74, 6) is -0.383. The fourth-order valence-corrected chi connectivity index (χ4v) is 3.28. The summed E-state index contributed by atoms with van der Waals surface area (Å²) in [5, 5.41) is 3.12. The van der Waals surface area contributed by atoms with Crippen molar-refractivity contribution in [3.63, 3.8) is 0 Å². The zero-order valence-corrected chi connectivity index (χ0v) is 14.0. The molecule has 0 aliphatic rings. The highest BCUT2D eigenvalue weighted by Crippen LogP contribution is 2.27. The van der Waals surface area contributed by atoms with E-state index in [0.29, 0.717) is 10.7 Å². The minimum absolute atomic E-state index is 0.0279. The summed E-state index contributed by atoms with van der Waals surface area (Å²) >= 11 is 11.7. The second-order valence-electron chi connectivity index (χ2n) is 4.45. The molecule has 8 heteroatoms. The Hall–Kier alpha value is -2.02. The molecule has 0 radical (unpaired) electrons. The maximum Gasteiger partial charge on any atom is 0.261 e. The summed E-state index contributed by atoms with van der Waals surface area (Å²) in [6, 6.07) is 10.1. The van der Waals surface area contributed by atoms with Gasteiger partial charge in [0.1, 0.15) is 0 Å². The van der Waals surface area contributed by atoms with Gasteiger partial charge in [-0.2, -0.15) is 0 Å². The number of hydrogen-bond donors (Lipinski definition) is 2. The lowest BCUT2D eigenvalue weighted by Gasteiger charge is -2.10. The summed E-state index contributed by atoms with van der Waals surface area (Å²) in [6.07, 6.45) is 1.12. The topological polar surface area (TPSA) is 75.3 Å². The van der Waals surface area contributed by atoms with Crippen LogP contribution in [0.25, 0.3) is 0 Å². The van der Waals surface area contributed by atoms with Gasteiger partial charge in [0.15, 0.2) is 0 Å². The molecule has 0 atom stereocenters. The average molecular weight is 371 g/mol. The standard InChI is InChI=1S/C15H12Cl2N2O3S/c1-2-15(20)18-11-4-6-12(7-5-11)23(21,22)19-14-8-3-10(16)9-13(14)17/h2-9,19H,1H2,(H,18,20). The minimum Gasteiger partial charge on any atom is -0.323 e. The number of hydrogen-bond acceptors (Lipinski definition) is 3. The molecule has 0 saturated carbocycles. The number of carbonyl (C=O) groups is 1. The second kappa shape index (κ2) is 7.04. The van der Waals surface area contributed by atoms with Gasteiger partial charge in [0, 0.05) is 10.7 Å². The number of carbonyl (C=O) groups excluding carboxylic acids is 1. The van der Waals surface area contributed by atoms with E-state index in [0.717, 1.165) is 6.08 Å². The first-order valence-electron chi connectivity index (χ1n) is 6.33. The first-order chi connectivity index (χ1) is 10.8. The van der Waals surface area contributed by atoms with Crippen LogP contribution in [0.5, 0.6) is 0 Å². The summed E-state index contributed by atoms with van der Waals surface area (Å²) < 4.78 is 27.0. The predicted octanol–water partition coefficient (Wildman–Crippen LogP) is 3.92. The molecule has 23 heavy (non-hydrogen) atoms. The third kappa shape index (κ3) is 4.48. The Labute approximate surface area is 144 Å². The van der Waals surface area contributed by atoms with Crippen LogP contribution in [-0.4, -0.2) is 14.3 Å². The summed E-state index contributed by atoms with van der Waals surface area (Å²) in [4.78, 5) is 11.2. The van der Waals surface area contributed by atoms with Gasteiger partial charge in [-0.3, -0.25) is 9.52 Å². The lowest BCUT2D eigenvalue weighted by Crippen LogP contribution is -2.13.